The second-order valence-electron chi connectivity index (χ2n) is 5.51. The lowest BCUT2D eigenvalue weighted by Crippen LogP contribution is -2.47. The van der Waals surface area contributed by atoms with Crippen molar-refractivity contribution in [2.45, 2.75) is 25.8 Å². The highest BCUT2D eigenvalue weighted by Crippen LogP contribution is 2.25. The largest absolute Gasteiger partial charge is 0.450 e. The molecule has 132 valence electrons. The van der Waals surface area contributed by atoms with Crippen LogP contribution in [0.2, 0.25) is 10.0 Å². The van der Waals surface area contributed by atoms with Crippen molar-refractivity contribution >= 4 is 40.9 Å². The van der Waals surface area contributed by atoms with E-state index >= 15 is 0 Å². The molecule has 1 aromatic rings. The fourth-order valence-corrected chi connectivity index (χ4v) is 2.98. The Balaban J connectivity index is 1.73. The number of amides is 2. The summed E-state index contributed by atoms with van der Waals surface area (Å²) in [5, 5.41) is 6.96. The number of benzene rings is 1. The number of ether oxygens (including phenoxy) is 1. The van der Waals surface area contributed by atoms with Crippen LogP contribution in [-0.2, 0) is 9.53 Å². The molecule has 1 aromatic carbocycles. The van der Waals surface area contributed by atoms with Crippen molar-refractivity contribution in [2.75, 3.05) is 31.6 Å². The van der Waals surface area contributed by atoms with Gasteiger partial charge in [-0.3, -0.25) is 4.79 Å². The summed E-state index contributed by atoms with van der Waals surface area (Å²) in [7, 11) is 0. The molecule has 2 amide bonds. The first-order valence-electron chi connectivity index (χ1n) is 7.89. The molecule has 2 N–H and O–H groups in total. The van der Waals surface area contributed by atoms with Crippen molar-refractivity contribution in [2.24, 2.45) is 0 Å². The maximum atomic E-state index is 12.0. The Labute approximate surface area is 151 Å². The van der Waals surface area contributed by atoms with Gasteiger partial charge in [-0.1, -0.05) is 23.2 Å². The third-order valence-electron chi connectivity index (χ3n) is 3.76. The summed E-state index contributed by atoms with van der Waals surface area (Å²) in [4.78, 5) is 25.3. The van der Waals surface area contributed by atoms with Crippen LogP contribution >= 0.6 is 23.2 Å². The van der Waals surface area contributed by atoms with E-state index in [-0.39, 0.29) is 24.6 Å². The van der Waals surface area contributed by atoms with E-state index in [1.165, 1.54) is 0 Å². The number of nitrogens with one attached hydrogen (secondary N) is 2. The Hall–Kier alpha value is -1.66. The minimum absolute atomic E-state index is 0.0608. The Kier molecular flexibility index (Phi) is 6.99. The van der Waals surface area contributed by atoms with Gasteiger partial charge in [0.25, 0.3) is 0 Å². The van der Waals surface area contributed by atoms with Gasteiger partial charge in [0.2, 0.25) is 5.91 Å². The summed E-state index contributed by atoms with van der Waals surface area (Å²) in [6.07, 6.45) is 1.14. The highest BCUT2D eigenvalue weighted by Gasteiger charge is 2.24. The maximum absolute atomic E-state index is 12.0. The molecular formula is C16H21Cl2N3O3. The van der Waals surface area contributed by atoms with Gasteiger partial charge in [0.1, 0.15) is 0 Å². The van der Waals surface area contributed by atoms with Crippen molar-refractivity contribution in [1.82, 2.24) is 10.2 Å². The van der Waals surface area contributed by atoms with Crippen LogP contribution in [0.4, 0.5) is 10.5 Å². The van der Waals surface area contributed by atoms with Crippen molar-refractivity contribution in [3.63, 3.8) is 0 Å². The molecular weight excluding hydrogens is 353 g/mol. The minimum Gasteiger partial charge on any atom is -0.450 e. The lowest BCUT2D eigenvalue weighted by molar-refractivity contribution is -0.120. The molecule has 0 saturated carbocycles. The Morgan fingerprint density at radius 2 is 2.00 bits per heavy atom. The molecule has 8 heteroatoms. The van der Waals surface area contributed by atoms with Gasteiger partial charge in [0.05, 0.1) is 23.9 Å². The van der Waals surface area contributed by atoms with Crippen molar-refractivity contribution in [3.8, 4) is 0 Å². The van der Waals surface area contributed by atoms with Crippen LogP contribution in [0.15, 0.2) is 18.2 Å². The van der Waals surface area contributed by atoms with E-state index < -0.39 is 0 Å². The molecule has 0 spiro atoms. The van der Waals surface area contributed by atoms with Gasteiger partial charge in [0, 0.05) is 24.2 Å². The van der Waals surface area contributed by atoms with Crippen LogP contribution in [0.25, 0.3) is 0 Å². The molecule has 24 heavy (non-hydrogen) atoms. The number of likely N-dealkylation sites (tertiary alicyclic amines) is 1. The Bertz CT molecular complexity index is 590. The number of piperidine rings is 1. The number of rotatable bonds is 5. The summed E-state index contributed by atoms with van der Waals surface area (Å²) in [6, 6.07) is 5.12. The average Bonchev–Trinajstić information content (AvgIpc) is 2.55. The maximum Gasteiger partial charge on any atom is 0.409 e. The zero-order valence-electron chi connectivity index (χ0n) is 13.5. The van der Waals surface area contributed by atoms with Gasteiger partial charge in [-0.15, -0.1) is 0 Å². The van der Waals surface area contributed by atoms with Crippen molar-refractivity contribution in [1.29, 1.82) is 0 Å². The van der Waals surface area contributed by atoms with Crippen LogP contribution < -0.4 is 10.6 Å². The smallest absolute Gasteiger partial charge is 0.409 e. The van der Waals surface area contributed by atoms with E-state index in [2.05, 4.69) is 10.6 Å². The summed E-state index contributed by atoms with van der Waals surface area (Å²) in [5.74, 6) is -0.115. The number of carbonyl (C=O) groups is 2. The highest BCUT2D eigenvalue weighted by atomic mass is 35.5. The standard InChI is InChI=1S/C16H21Cl2N3O3/c1-2-24-16(23)21-7-5-12(6-8-21)20-15(22)10-19-14-4-3-11(17)9-13(14)18/h3-4,9,12,19H,2,5-8,10H2,1H3,(H,20,22). The zero-order valence-corrected chi connectivity index (χ0v) is 15.0. The third-order valence-corrected chi connectivity index (χ3v) is 4.30. The molecule has 0 radical (unpaired) electrons. The molecule has 6 nitrogen and oxygen atoms in total. The Morgan fingerprint density at radius 1 is 1.29 bits per heavy atom. The molecule has 0 atom stereocenters. The van der Waals surface area contributed by atoms with Crippen LogP contribution in [0.3, 0.4) is 0 Å². The average molecular weight is 374 g/mol. The number of hydrogen-bond donors (Lipinski definition) is 2. The van der Waals surface area contributed by atoms with Gasteiger partial charge in [-0.2, -0.15) is 0 Å². The van der Waals surface area contributed by atoms with E-state index in [9.17, 15) is 9.59 Å². The monoisotopic (exact) mass is 373 g/mol. The minimum atomic E-state index is -0.290. The first kappa shape index (κ1) is 18.7. The second kappa shape index (κ2) is 8.99. The number of anilines is 1. The second-order valence-corrected chi connectivity index (χ2v) is 6.35. The molecule has 1 aliphatic heterocycles. The molecule has 0 bridgehead atoms. The Morgan fingerprint density at radius 3 is 2.62 bits per heavy atom. The molecule has 1 fully saturated rings. The van der Waals surface area contributed by atoms with Crippen molar-refractivity contribution in [3.05, 3.63) is 28.2 Å². The van der Waals surface area contributed by atoms with Crippen LogP contribution in [0, 0.1) is 0 Å². The van der Waals surface area contributed by atoms with Crippen LogP contribution in [0.1, 0.15) is 19.8 Å². The summed E-state index contributed by atoms with van der Waals surface area (Å²) < 4.78 is 4.97. The molecule has 0 unspecified atom stereocenters. The molecule has 1 aliphatic rings. The molecule has 0 aliphatic carbocycles. The van der Waals surface area contributed by atoms with Gasteiger partial charge in [0.15, 0.2) is 0 Å². The number of nitrogens with zero attached hydrogens (tertiary/aromatic N) is 1. The highest BCUT2D eigenvalue weighted by molar-refractivity contribution is 6.36. The van der Waals surface area contributed by atoms with Gasteiger partial charge in [-0.05, 0) is 38.0 Å². The van der Waals surface area contributed by atoms with Gasteiger partial charge < -0.3 is 20.3 Å². The van der Waals surface area contributed by atoms with E-state index in [1.807, 2.05) is 0 Å². The predicted molar refractivity (Wildman–Crippen MR) is 94.7 cm³/mol. The van der Waals surface area contributed by atoms with Crippen LogP contribution in [0.5, 0.6) is 0 Å². The third kappa shape index (κ3) is 5.46. The van der Waals surface area contributed by atoms with E-state index in [4.69, 9.17) is 27.9 Å². The summed E-state index contributed by atoms with van der Waals surface area (Å²) >= 11 is 11.9. The molecule has 0 aromatic heterocycles. The number of carbonyl (C=O) groups excluding carboxylic acids is 2. The van der Waals surface area contributed by atoms with Gasteiger partial charge in [-0.25, -0.2) is 4.79 Å². The first-order valence-corrected chi connectivity index (χ1v) is 8.65. The summed E-state index contributed by atoms with van der Waals surface area (Å²) in [5.41, 5.74) is 0.661. The fraction of sp³-hybridized carbons (Fsp3) is 0.500. The SMILES string of the molecule is CCOC(=O)N1CCC(NC(=O)CNc2ccc(Cl)cc2Cl)CC1. The molecule has 1 heterocycles. The molecule has 1 saturated heterocycles. The van der Waals surface area contributed by atoms with Crippen molar-refractivity contribution < 1.29 is 14.3 Å². The first-order chi connectivity index (χ1) is 11.5. The number of halogens is 2. The quantitative estimate of drug-likeness (QED) is 0.831. The van der Waals surface area contributed by atoms with E-state index in [1.54, 1.807) is 30.0 Å². The number of hydrogen-bond acceptors (Lipinski definition) is 4. The normalized spacial score (nSPS) is 15.0. The lowest BCUT2D eigenvalue weighted by atomic mass is 10.1. The topological polar surface area (TPSA) is 70.7 Å². The lowest BCUT2D eigenvalue weighted by Gasteiger charge is -2.31. The fourth-order valence-electron chi connectivity index (χ4n) is 2.51. The van der Waals surface area contributed by atoms with E-state index in [0.29, 0.717) is 48.3 Å². The summed E-state index contributed by atoms with van der Waals surface area (Å²) in [6.45, 7) is 3.44. The van der Waals surface area contributed by atoms with E-state index in [0.717, 1.165) is 0 Å². The zero-order chi connectivity index (χ0) is 17.5. The predicted octanol–water partition coefficient (Wildman–Crippen LogP) is 3.14. The van der Waals surface area contributed by atoms with Crippen LogP contribution in [-0.4, -0.2) is 49.2 Å². The van der Waals surface area contributed by atoms with Gasteiger partial charge >= 0.3 is 6.09 Å². The molecule has 2 rings (SSSR count).